The summed E-state index contributed by atoms with van der Waals surface area (Å²) in [7, 11) is 0. The summed E-state index contributed by atoms with van der Waals surface area (Å²) < 4.78 is 5.27. The molecule has 0 spiro atoms. The van der Waals surface area contributed by atoms with Crippen LogP contribution in [0.4, 0.5) is 5.69 Å². The molecule has 0 unspecified atom stereocenters. The Morgan fingerprint density at radius 2 is 2.21 bits per heavy atom. The first-order valence-corrected chi connectivity index (χ1v) is 6.01. The van der Waals surface area contributed by atoms with E-state index in [0.717, 1.165) is 17.0 Å². The molecule has 0 aliphatic carbocycles. The zero-order chi connectivity index (χ0) is 13.1. The van der Waals surface area contributed by atoms with E-state index in [1.54, 1.807) is 6.07 Å². The maximum absolute atomic E-state index is 5.71. The molecule has 0 fully saturated rings. The highest BCUT2D eigenvalue weighted by molar-refractivity contribution is 6.28. The molecule has 6 nitrogen and oxygen atoms in total. The number of tetrazole rings is 1. The van der Waals surface area contributed by atoms with Crippen molar-refractivity contribution in [1.29, 1.82) is 0 Å². The highest BCUT2D eigenvalue weighted by atomic mass is 35.5. The van der Waals surface area contributed by atoms with Crippen LogP contribution in [0.15, 0.2) is 40.8 Å². The van der Waals surface area contributed by atoms with Gasteiger partial charge in [0.05, 0.1) is 6.54 Å². The number of benzene rings is 1. The molecule has 0 saturated carbocycles. The molecule has 2 aromatic heterocycles. The Morgan fingerprint density at radius 1 is 1.26 bits per heavy atom. The molecule has 96 valence electrons. The van der Waals surface area contributed by atoms with E-state index >= 15 is 0 Å². The lowest BCUT2D eigenvalue weighted by molar-refractivity contribution is 0.520. The van der Waals surface area contributed by atoms with E-state index in [9.17, 15) is 0 Å². The number of hydrogen-bond acceptors (Lipinski definition) is 5. The molecule has 7 heteroatoms. The van der Waals surface area contributed by atoms with Gasteiger partial charge in [0.1, 0.15) is 5.76 Å². The van der Waals surface area contributed by atoms with Crippen LogP contribution in [0.1, 0.15) is 5.76 Å². The number of H-pyrrole nitrogens is 1. The van der Waals surface area contributed by atoms with Gasteiger partial charge in [-0.05, 0) is 41.1 Å². The number of aromatic amines is 1. The molecule has 3 rings (SSSR count). The smallest absolute Gasteiger partial charge is 0.204 e. The zero-order valence-corrected chi connectivity index (χ0v) is 10.6. The summed E-state index contributed by atoms with van der Waals surface area (Å²) in [5.74, 6) is 1.33. The lowest BCUT2D eigenvalue weighted by Crippen LogP contribution is -1.98. The molecule has 0 amide bonds. The van der Waals surface area contributed by atoms with Crippen LogP contribution in [0.25, 0.3) is 11.4 Å². The van der Waals surface area contributed by atoms with Crippen LogP contribution < -0.4 is 5.32 Å². The minimum absolute atomic E-state index is 0.386. The van der Waals surface area contributed by atoms with Gasteiger partial charge >= 0.3 is 0 Å². The van der Waals surface area contributed by atoms with E-state index < -0.39 is 0 Å². The fourth-order valence-electron chi connectivity index (χ4n) is 1.69. The fourth-order valence-corrected chi connectivity index (χ4v) is 1.85. The highest BCUT2D eigenvalue weighted by Gasteiger charge is 2.04. The van der Waals surface area contributed by atoms with E-state index in [1.807, 2.05) is 30.3 Å². The number of rotatable bonds is 4. The first kappa shape index (κ1) is 11.7. The van der Waals surface area contributed by atoms with E-state index in [1.165, 1.54) is 0 Å². The van der Waals surface area contributed by atoms with Gasteiger partial charge in [-0.1, -0.05) is 12.1 Å². The summed E-state index contributed by atoms with van der Waals surface area (Å²) in [6, 6.07) is 11.3. The standard InChI is InChI=1S/C12H10ClN5O/c13-11-5-4-10(19-11)7-14-9-3-1-2-8(6-9)12-15-17-18-16-12/h1-6,14H,7H2,(H,15,16,17,18). The van der Waals surface area contributed by atoms with Gasteiger partial charge in [0.15, 0.2) is 5.22 Å². The second kappa shape index (κ2) is 5.11. The predicted molar refractivity (Wildman–Crippen MR) is 70.7 cm³/mol. The first-order chi connectivity index (χ1) is 9.31. The number of nitrogens with zero attached hydrogens (tertiary/aromatic N) is 3. The third-order valence-corrected chi connectivity index (χ3v) is 2.76. The Balaban J connectivity index is 1.73. The third-order valence-electron chi connectivity index (χ3n) is 2.56. The van der Waals surface area contributed by atoms with Gasteiger partial charge in [-0.15, -0.1) is 10.2 Å². The summed E-state index contributed by atoms with van der Waals surface area (Å²) in [5.41, 5.74) is 1.83. The topological polar surface area (TPSA) is 79.6 Å². The van der Waals surface area contributed by atoms with Crippen molar-refractivity contribution in [3.63, 3.8) is 0 Å². The molecule has 1 aromatic carbocycles. The van der Waals surface area contributed by atoms with E-state index in [2.05, 4.69) is 25.9 Å². The van der Waals surface area contributed by atoms with Crippen molar-refractivity contribution < 1.29 is 4.42 Å². The maximum Gasteiger partial charge on any atom is 0.204 e. The van der Waals surface area contributed by atoms with Crippen LogP contribution in [0.2, 0.25) is 5.22 Å². The molecular formula is C12H10ClN5O. The van der Waals surface area contributed by atoms with Crippen molar-refractivity contribution in [2.24, 2.45) is 0 Å². The largest absolute Gasteiger partial charge is 0.448 e. The lowest BCUT2D eigenvalue weighted by Gasteiger charge is -2.05. The molecule has 19 heavy (non-hydrogen) atoms. The number of aromatic nitrogens is 4. The Kier molecular flexibility index (Phi) is 3.16. The number of halogens is 1. The van der Waals surface area contributed by atoms with E-state index in [0.29, 0.717) is 17.6 Å². The second-order valence-electron chi connectivity index (χ2n) is 3.88. The van der Waals surface area contributed by atoms with Crippen LogP contribution in [0.3, 0.4) is 0 Å². The van der Waals surface area contributed by atoms with Crippen molar-refractivity contribution in [2.75, 3.05) is 5.32 Å². The van der Waals surface area contributed by atoms with Gasteiger partial charge in [-0.25, -0.2) is 0 Å². The van der Waals surface area contributed by atoms with Crippen LogP contribution in [0, 0.1) is 0 Å². The quantitative estimate of drug-likeness (QED) is 0.765. The average molecular weight is 276 g/mol. The Morgan fingerprint density at radius 3 is 2.95 bits per heavy atom. The first-order valence-electron chi connectivity index (χ1n) is 5.63. The van der Waals surface area contributed by atoms with Gasteiger partial charge in [-0.2, -0.15) is 5.21 Å². The lowest BCUT2D eigenvalue weighted by atomic mass is 10.2. The van der Waals surface area contributed by atoms with Gasteiger partial charge in [0.2, 0.25) is 5.82 Å². The summed E-state index contributed by atoms with van der Waals surface area (Å²) in [6.07, 6.45) is 0. The Labute approximate surface area is 113 Å². The Bertz CT molecular complexity index is 664. The maximum atomic E-state index is 5.71. The number of furan rings is 1. The molecule has 0 saturated heterocycles. The van der Waals surface area contributed by atoms with E-state index in [-0.39, 0.29) is 0 Å². The molecule has 0 atom stereocenters. The molecular weight excluding hydrogens is 266 g/mol. The summed E-state index contributed by atoms with van der Waals surface area (Å²) in [6.45, 7) is 0.558. The SMILES string of the molecule is Clc1ccc(CNc2cccc(-c3nn[nH]n3)c2)o1. The Hall–Kier alpha value is -2.34. The van der Waals surface area contributed by atoms with Crippen LogP contribution in [-0.4, -0.2) is 20.6 Å². The molecule has 2 N–H and O–H groups in total. The average Bonchev–Trinajstić information content (AvgIpc) is 3.08. The minimum Gasteiger partial charge on any atom is -0.448 e. The fraction of sp³-hybridized carbons (Fsp3) is 0.0833. The molecule has 2 heterocycles. The van der Waals surface area contributed by atoms with Gasteiger partial charge in [-0.3, -0.25) is 0 Å². The van der Waals surface area contributed by atoms with Crippen molar-refractivity contribution in [1.82, 2.24) is 20.6 Å². The molecule has 0 aliphatic rings. The van der Waals surface area contributed by atoms with Crippen LogP contribution >= 0.6 is 11.6 Å². The normalized spacial score (nSPS) is 10.6. The predicted octanol–water partition coefficient (Wildman–Crippen LogP) is 2.73. The van der Waals surface area contributed by atoms with Crippen molar-refractivity contribution >= 4 is 17.3 Å². The van der Waals surface area contributed by atoms with Crippen molar-refractivity contribution in [3.8, 4) is 11.4 Å². The van der Waals surface area contributed by atoms with Gasteiger partial charge in [0, 0.05) is 11.3 Å². The number of hydrogen-bond donors (Lipinski definition) is 2. The van der Waals surface area contributed by atoms with Crippen LogP contribution in [-0.2, 0) is 6.54 Å². The van der Waals surface area contributed by atoms with Gasteiger partial charge < -0.3 is 9.73 Å². The van der Waals surface area contributed by atoms with Crippen molar-refractivity contribution in [3.05, 3.63) is 47.4 Å². The summed E-state index contributed by atoms with van der Waals surface area (Å²) in [4.78, 5) is 0. The van der Waals surface area contributed by atoms with Crippen LogP contribution in [0.5, 0.6) is 0 Å². The number of nitrogens with one attached hydrogen (secondary N) is 2. The molecule has 0 bridgehead atoms. The van der Waals surface area contributed by atoms with Gasteiger partial charge in [0.25, 0.3) is 0 Å². The summed E-state index contributed by atoms with van der Waals surface area (Å²) >= 11 is 5.71. The third kappa shape index (κ3) is 2.74. The highest BCUT2D eigenvalue weighted by Crippen LogP contribution is 2.19. The van der Waals surface area contributed by atoms with E-state index in [4.69, 9.17) is 16.0 Å². The minimum atomic E-state index is 0.386. The zero-order valence-electron chi connectivity index (χ0n) is 9.80. The number of anilines is 1. The molecule has 0 aliphatic heterocycles. The monoisotopic (exact) mass is 275 g/mol. The molecule has 3 aromatic rings. The second-order valence-corrected chi connectivity index (χ2v) is 4.25. The summed E-state index contributed by atoms with van der Waals surface area (Å²) in [5, 5.41) is 17.5. The van der Waals surface area contributed by atoms with Crippen molar-refractivity contribution in [2.45, 2.75) is 6.54 Å². The molecule has 0 radical (unpaired) electrons.